The normalized spacial score (nSPS) is 21.0. The van der Waals surface area contributed by atoms with Gasteiger partial charge < -0.3 is 10.6 Å². The first kappa shape index (κ1) is 20.6. The number of rotatable bonds is 4. The van der Waals surface area contributed by atoms with Gasteiger partial charge in [0, 0.05) is 22.1 Å². The molecule has 0 radical (unpaired) electrons. The van der Waals surface area contributed by atoms with Crippen LogP contribution in [-0.4, -0.2) is 23.0 Å². The third-order valence-corrected chi connectivity index (χ3v) is 5.79. The predicted octanol–water partition coefficient (Wildman–Crippen LogP) is 5.39. The van der Waals surface area contributed by atoms with E-state index in [-0.39, 0.29) is 17.4 Å². The maximum Gasteiger partial charge on any atom is 0.325 e. The van der Waals surface area contributed by atoms with E-state index in [1.165, 1.54) is 17.8 Å². The summed E-state index contributed by atoms with van der Waals surface area (Å²) in [6.45, 7) is 6.71. The summed E-state index contributed by atoms with van der Waals surface area (Å²) in [7, 11) is 0. The summed E-state index contributed by atoms with van der Waals surface area (Å²) < 4.78 is 0. The Morgan fingerprint density at radius 2 is 1.89 bits per heavy atom. The summed E-state index contributed by atoms with van der Waals surface area (Å²) in [6.07, 6.45) is 3.11. The molecule has 1 heterocycles. The van der Waals surface area contributed by atoms with Gasteiger partial charge >= 0.3 is 6.03 Å². The molecular weight excluding hydrogens is 396 g/mol. The number of urea groups is 1. The van der Waals surface area contributed by atoms with Crippen LogP contribution in [0.3, 0.4) is 0 Å². The Morgan fingerprint density at radius 3 is 2.57 bits per heavy atom. The molecule has 0 spiro atoms. The number of hydrogen-bond acceptors (Lipinski definition) is 4. The number of thiazole rings is 1. The highest BCUT2D eigenvalue weighted by atomic mass is 35.5. The van der Waals surface area contributed by atoms with Gasteiger partial charge in [0.05, 0.1) is 0 Å². The van der Waals surface area contributed by atoms with E-state index in [0.29, 0.717) is 27.5 Å². The molecular formula is C20H25ClN4O2S. The van der Waals surface area contributed by atoms with E-state index in [1.54, 1.807) is 29.6 Å². The molecule has 1 aliphatic rings. The number of aromatic nitrogens is 1. The predicted molar refractivity (Wildman–Crippen MR) is 114 cm³/mol. The van der Waals surface area contributed by atoms with E-state index >= 15 is 0 Å². The van der Waals surface area contributed by atoms with Gasteiger partial charge in [-0.3, -0.25) is 10.1 Å². The van der Waals surface area contributed by atoms with E-state index < -0.39 is 6.03 Å². The minimum Gasteiger partial charge on any atom is -0.348 e. The van der Waals surface area contributed by atoms with Crippen molar-refractivity contribution in [3.8, 4) is 0 Å². The summed E-state index contributed by atoms with van der Waals surface area (Å²) in [4.78, 5) is 28.9. The van der Waals surface area contributed by atoms with E-state index in [1.807, 2.05) is 0 Å². The van der Waals surface area contributed by atoms with Crippen molar-refractivity contribution >= 4 is 45.7 Å². The summed E-state index contributed by atoms with van der Waals surface area (Å²) in [5, 5.41) is 11.1. The highest BCUT2D eigenvalue weighted by Gasteiger charge is 2.33. The standard InChI is InChI=1S/C20H25ClN4O2S/c1-12-8-15(10-20(2,3)9-12)22-17(26)16-11-28-19(24-16)25-18(27)23-14-6-4-13(21)5-7-14/h4-7,11-12,15H,8-10H2,1-3H3,(H,22,26)(H2,23,24,25,27)/t12-,15+/m1/s1. The van der Waals surface area contributed by atoms with Gasteiger partial charge in [0.15, 0.2) is 5.13 Å². The van der Waals surface area contributed by atoms with Crippen molar-refractivity contribution < 1.29 is 9.59 Å². The third kappa shape index (κ3) is 5.69. The van der Waals surface area contributed by atoms with Crippen LogP contribution in [-0.2, 0) is 0 Å². The summed E-state index contributed by atoms with van der Waals surface area (Å²) in [5.74, 6) is 0.385. The van der Waals surface area contributed by atoms with Gasteiger partial charge in [-0.25, -0.2) is 9.78 Å². The largest absolute Gasteiger partial charge is 0.348 e. The van der Waals surface area contributed by atoms with E-state index in [0.717, 1.165) is 12.8 Å². The number of nitrogens with one attached hydrogen (secondary N) is 3. The van der Waals surface area contributed by atoms with Crippen LogP contribution in [0.2, 0.25) is 5.02 Å². The Morgan fingerprint density at radius 1 is 1.18 bits per heavy atom. The number of carbonyl (C=O) groups is 2. The van der Waals surface area contributed by atoms with Crippen molar-refractivity contribution in [3.05, 3.63) is 40.4 Å². The van der Waals surface area contributed by atoms with Crippen LogP contribution in [0.25, 0.3) is 0 Å². The monoisotopic (exact) mass is 420 g/mol. The quantitative estimate of drug-likeness (QED) is 0.620. The number of hydrogen-bond donors (Lipinski definition) is 3. The molecule has 2 atom stereocenters. The molecule has 1 aromatic carbocycles. The molecule has 1 fully saturated rings. The second kappa shape index (κ2) is 8.49. The lowest BCUT2D eigenvalue weighted by Crippen LogP contribution is -2.43. The molecule has 0 aliphatic heterocycles. The molecule has 150 valence electrons. The maximum atomic E-state index is 12.5. The van der Waals surface area contributed by atoms with Crippen LogP contribution in [0.5, 0.6) is 0 Å². The van der Waals surface area contributed by atoms with Gasteiger partial charge in [0.25, 0.3) is 5.91 Å². The number of anilines is 2. The van der Waals surface area contributed by atoms with Crippen LogP contribution in [0.4, 0.5) is 15.6 Å². The first-order valence-corrected chi connectivity index (χ1v) is 10.6. The summed E-state index contributed by atoms with van der Waals surface area (Å²) in [6, 6.07) is 6.52. The number of benzene rings is 1. The van der Waals surface area contributed by atoms with Crippen LogP contribution in [0.1, 0.15) is 50.5 Å². The molecule has 3 N–H and O–H groups in total. The Kier molecular flexibility index (Phi) is 6.25. The topological polar surface area (TPSA) is 83.1 Å². The Balaban J connectivity index is 1.55. The summed E-state index contributed by atoms with van der Waals surface area (Å²) >= 11 is 7.05. The molecule has 2 aromatic rings. The fourth-order valence-electron chi connectivity index (χ4n) is 3.94. The minimum absolute atomic E-state index is 0.151. The Hall–Kier alpha value is -2.12. The number of halogens is 1. The first-order valence-electron chi connectivity index (χ1n) is 9.30. The van der Waals surface area contributed by atoms with Crippen molar-refractivity contribution in [3.63, 3.8) is 0 Å². The SMILES string of the molecule is C[C@@H]1C[C@H](NC(=O)c2csc(NC(=O)Nc3ccc(Cl)cc3)n2)CC(C)(C)C1. The van der Waals surface area contributed by atoms with Gasteiger partial charge in [-0.05, 0) is 54.9 Å². The van der Waals surface area contributed by atoms with Gasteiger partial charge in [-0.1, -0.05) is 32.4 Å². The molecule has 6 nitrogen and oxygen atoms in total. The zero-order chi connectivity index (χ0) is 20.3. The molecule has 28 heavy (non-hydrogen) atoms. The van der Waals surface area contributed by atoms with E-state index in [4.69, 9.17) is 11.6 Å². The van der Waals surface area contributed by atoms with Crippen LogP contribution in [0, 0.1) is 11.3 Å². The Labute approximate surface area is 174 Å². The second-order valence-corrected chi connectivity index (χ2v) is 9.50. The zero-order valence-corrected chi connectivity index (χ0v) is 17.8. The molecule has 1 aliphatic carbocycles. The highest BCUT2D eigenvalue weighted by molar-refractivity contribution is 7.14. The molecule has 0 saturated heterocycles. The molecule has 8 heteroatoms. The lowest BCUT2D eigenvalue weighted by atomic mass is 9.70. The third-order valence-electron chi connectivity index (χ3n) is 4.78. The fraction of sp³-hybridized carbons (Fsp3) is 0.450. The molecule has 3 amide bonds. The minimum atomic E-state index is -0.425. The molecule has 0 unspecified atom stereocenters. The molecule has 1 saturated carbocycles. The highest BCUT2D eigenvalue weighted by Crippen LogP contribution is 2.38. The number of nitrogens with zero attached hydrogens (tertiary/aromatic N) is 1. The first-order chi connectivity index (χ1) is 13.2. The number of amides is 3. The van der Waals surface area contributed by atoms with Gasteiger partial charge in [-0.15, -0.1) is 11.3 Å². The van der Waals surface area contributed by atoms with Gasteiger partial charge in [-0.2, -0.15) is 0 Å². The maximum absolute atomic E-state index is 12.5. The lowest BCUT2D eigenvalue weighted by Gasteiger charge is -2.39. The van der Waals surface area contributed by atoms with Crippen molar-refractivity contribution in [2.75, 3.05) is 10.6 Å². The Bertz CT molecular complexity index is 850. The van der Waals surface area contributed by atoms with E-state index in [9.17, 15) is 9.59 Å². The zero-order valence-electron chi connectivity index (χ0n) is 16.2. The van der Waals surface area contributed by atoms with E-state index in [2.05, 4.69) is 41.7 Å². The van der Waals surface area contributed by atoms with Gasteiger partial charge in [0.1, 0.15) is 5.69 Å². The fourth-order valence-corrected chi connectivity index (χ4v) is 4.76. The van der Waals surface area contributed by atoms with Gasteiger partial charge in [0.2, 0.25) is 0 Å². The number of carbonyl (C=O) groups excluding carboxylic acids is 2. The van der Waals surface area contributed by atoms with Crippen LogP contribution in [0.15, 0.2) is 29.6 Å². The van der Waals surface area contributed by atoms with Crippen molar-refractivity contribution in [1.29, 1.82) is 0 Å². The van der Waals surface area contributed by atoms with Crippen molar-refractivity contribution in [2.24, 2.45) is 11.3 Å². The van der Waals surface area contributed by atoms with Crippen molar-refractivity contribution in [2.45, 2.75) is 46.1 Å². The molecule has 0 bridgehead atoms. The average Bonchev–Trinajstić information content (AvgIpc) is 3.03. The van der Waals surface area contributed by atoms with Crippen molar-refractivity contribution in [1.82, 2.24) is 10.3 Å². The second-order valence-electron chi connectivity index (χ2n) is 8.21. The average molecular weight is 421 g/mol. The van der Waals surface area contributed by atoms with Crippen LogP contribution >= 0.6 is 22.9 Å². The van der Waals surface area contributed by atoms with Crippen LogP contribution < -0.4 is 16.0 Å². The smallest absolute Gasteiger partial charge is 0.325 e. The molecule has 3 rings (SSSR count). The lowest BCUT2D eigenvalue weighted by molar-refractivity contribution is 0.0870. The molecule has 1 aromatic heterocycles. The summed E-state index contributed by atoms with van der Waals surface area (Å²) in [5.41, 5.74) is 1.16.